The number of rotatable bonds is 7. The van der Waals surface area contributed by atoms with Gasteiger partial charge >= 0.3 is 0 Å². The zero-order valence-corrected chi connectivity index (χ0v) is 15.0. The van der Waals surface area contributed by atoms with Crippen molar-refractivity contribution in [2.45, 2.75) is 11.8 Å². The van der Waals surface area contributed by atoms with Crippen molar-refractivity contribution in [3.63, 3.8) is 0 Å². The average molecular weight is 364 g/mol. The second kappa shape index (κ2) is 8.00. The van der Waals surface area contributed by atoms with E-state index in [9.17, 15) is 13.2 Å². The van der Waals surface area contributed by atoms with Gasteiger partial charge in [-0.25, -0.2) is 13.1 Å². The highest BCUT2D eigenvalue weighted by Crippen LogP contribution is 2.27. The van der Waals surface area contributed by atoms with Crippen LogP contribution < -0.4 is 19.5 Å². The zero-order valence-electron chi connectivity index (χ0n) is 14.2. The number of carbonyl (C=O) groups excluding carboxylic acids is 1. The lowest BCUT2D eigenvalue weighted by Gasteiger charge is -2.12. The van der Waals surface area contributed by atoms with Gasteiger partial charge in [-0.15, -0.1) is 0 Å². The highest BCUT2D eigenvalue weighted by Gasteiger charge is 2.21. The SMILES string of the molecule is COc1ccc(OC)c(S(=O)(=O)NCC(=O)Nc2cccc(C)c2)c1. The molecule has 0 saturated carbocycles. The molecule has 2 aromatic rings. The number of benzene rings is 2. The van der Waals surface area contributed by atoms with Crippen LogP contribution in [0.5, 0.6) is 11.5 Å². The lowest BCUT2D eigenvalue weighted by molar-refractivity contribution is -0.115. The summed E-state index contributed by atoms with van der Waals surface area (Å²) in [5.74, 6) is 0.0498. The average Bonchev–Trinajstić information content (AvgIpc) is 2.59. The van der Waals surface area contributed by atoms with Gasteiger partial charge < -0.3 is 14.8 Å². The standard InChI is InChI=1S/C17H20N2O5S/c1-12-5-4-6-13(9-12)19-17(20)11-18-25(21,22)16-10-14(23-2)7-8-15(16)24-3/h4-10,18H,11H2,1-3H3,(H,19,20). The Morgan fingerprint density at radius 2 is 1.84 bits per heavy atom. The third-order valence-electron chi connectivity index (χ3n) is 3.38. The molecule has 2 rings (SSSR count). The van der Waals surface area contributed by atoms with Crippen LogP contribution >= 0.6 is 0 Å². The topological polar surface area (TPSA) is 93.7 Å². The summed E-state index contributed by atoms with van der Waals surface area (Å²) in [6, 6.07) is 11.6. The van der Waals surface area contributed by atoms with E-state index >= 15 is 0 Å². The second-order valence-corrected chi connectivity index (χ2v) is 6.99. The lowest BCUT2D eigenvalue weighted by atomic mass is 10.2. The van der Waals surface area contributed by atoms with Gasteiger partial charge in [0.2, 0.25) is 15.9 Å². The molecule has 0 radical (unpaired) electrons. The maximum atomic E-state index is 12.5. The molecular weight excluding hydrogens is 344 g/mol. The fourth-order valence-electron chi connectivity index (χ4n) is 2.16. The van der Waals surface area contributed by atoms with Crippen LogP contribution in [0.2, 0.25) is 0 Å². The number of ether oxygens (including phenoxy) is 2. The number of aryl methyl sites for hydroxylation is 1. The van der Waals surface area contributed by atoms with Gasteiger partial charge in [-0.2, -0.15) is 0 Å². The maximum Gasteiger partial charge on any atom is 0.244 e. The van der Waals surface area contributed by atoms with Gasteiger partial charge in [0.25, 0.3) is 0 Å². The summed E-state index contributed by atoms with van der Waals surface area (Å²) in [4.78, 5) is 11.9. The molecule has 2 N–H and O–H groups in total. The van der Waals surface area contributed by atoms with Crippen LogP contribution in [0.3, 0.4) is 0 Å². The smallest absolute Gasteiger partial charge is 0.244 e. The molecule has 7 nitrogen and oxygen atoms in total. The largest absolute Gasteiger partial charge is 0.497 e. The molecule has 8 heteroatoms. The molecule has 0 saturated heterocycles. The van der Waals surface area contributed by atoms with E-state index in [1.54, 1.807) is 24.3 Å². The van der Waals surface area contributed by atoms with Gasteiger partial charge in [-0.05, 0) is 36.8 Å². The minimum Gasteiger partial charge on any atom is -0.497 e. The summed E-state index contributed by atoms with van der Waals surface area (Å²) in [6.07, 6.45) is 0. The van der Waals surface area contributed by atoms with Crippen molar-refractivity contribution < 1.29 is 22.7 Å². The van der Waals surface area contributed by atoms with Crippen molar-refractivity contribution in [2.75, 3.05) is 26.1 Å². The number of anilines is 1. The molecule has 0 aliphatic heterocycles. The summed E-state index contributed by atoms with van der Waals surface area (Å²) in [7, 11) is -1.15. The van der Waals surface area contributed by atoms with Crippen molar-refractivity contribution in [3.05, 3.63) is 48.0 Å². The lowest BCUT2D eigenvalue weighted by Crippen LogP contribution is -2.33. The monoisotopic (exact) mass is 364 g/mol. The number of hydrogen-bond acceptors (Lipinski definition) is 5. The molecule has 0 fully saturated rings. The zero-order chi connectivity index (χ0) is 18.4. The van der Waals surface area contributed by atoms with Crippen LogP contribution in [0.1, 0.15) is 5.56 Å². The summed E-state index contributed by atoms with van der Waals surface area (Å²) in [5.41, 5.74) is 1.59. The highest BCUT2D eigenvalue weighted by molar-refractivity contribution is 7.89. The fraction of sp³-hybridized carbons (Fsp3) is 0.235. The molecule has 1 amide bonds. The molecule has 0 spiro atoms. The highest BCUT2D eigenvalue weighted by atomic mass is 32.2. The molecule has 0 aromatic heterocycles. The van der Waals surface area contributed by atoms with E-state index in [4.69, 9.17) is 9.47 Å². The van der Waals surface area contributed by atoms with Crippen LogP contribution in [0, 0.1) is 6.92 Å². The molecular formula is C17H20N2O5S. The maximum absolute atomic E-state index is 12.5. The molecule has 0 heterocycles. The van der Waals surface area contributed by atoms with Crippen LogP contribution in [0.15, 0.2) is 47.4 Å². The molecule has 0 unspecified atom stereocenters. The Bertz CT molecular complexity index is 865. The summed E-state index contributed by atoms with van der Waals surface area (Å²) in [6.45, 7) is 1.49. The van der Waals surface area contributed by atoms with Crippen LogP contribution in [0.4, 0.5) is 5.69 Å². The Hall–Kier alpha value is -2.58. The summed E-state index contributed by atoms with van der Waals surface area (Å²) in [5, 5.41) is 2.64. The van der Waals surface area contributed by atoms with E-state index in [0.29, 0.717) is 11.4 Å². The van der Waals surface area contributed by atoms with E-state index < -0.39 is 22.5 Å². The number of amides is 1. The van der Waals surface area contributed by atoms with E-state index in [0.717, 1.165) is 5.56 Å². The predicted molar refractivity (Wildman–Crippen MR) is 94.5 cm³/mol. The fourth-order valence-corrected chi connectivity index (χ4v) is 3.32. The first-order chi connectivity index (χ1) is 11.9. The first-order valence-corrected chi connectivity index (χ1v) is 8.92. The Morgan fingerprint density at radius 3 is 2.48 bits per heavy atom. The van der Waals surface area contributed by atoms with Gasteiger partial charge in [0.15, 0.2) is 0 Å². The second-order valence-electron chi connectivity index (χ2n) is 5.26. The Balaban J connectivity index is 2.10. The van der Waals surface area contributed by atoms with Gasteiger partial charge in [-0.3, -0.25) is 4.79 Å². The van der Waals surface area contributed by atoms with Crippen molar-refractivity contribution in [1.29, 1.82) is 0 Å². The molecule has 0 atom stereocenters. The molecule has 134 valence electrons. The number of nitrogens with one attached hydrogen (secondary N) is 2. The molecule has 0 aliphatic rings. The number of methoxy groups -OCH3 is 2. The van der Waals surface area contributed by atoms with Crippen LogP contribution in [0.25, 0.3) is 0 Å². The minimum absolute atomic E-state index is 0.0993. The number of carbonyl (C=O) groups is 1. The van der Waals surface area contributed by atoms with Gasteiger partial charge in [-0.1, -0.05) is 12.1 Å². The third kappa shape index (κ3) is 4.94. The van der Waals surface area contributed by atoms with Crippen LogP contribution in [-0.4, -0.2) is 35.1 Å². The van der Waals surface area contributed by atoms with Gasteiger partial charge in [0.05, 0.1) is 20.8 Å². The van der Waals surface area contributed by atoms with Crippen molar-refractivity contribution in [1.82, 2.24) is 4.72 Å². The Kier molecular flexibility index (Phi) is 6.00. The number of hydrogen-bond donors (Lipinski definition) is 2. The summed E-state index contributed by atoms with van der Waals surface area (Å²) < 4.78 is 37.3. The third-order valence-corrected chi connectivity index (χ3v) is 4.81. The molecule has 0 bridgehead atoms. The Morgan fingerprint density at radius 1 is 1.08 bits per heavy atom. The number of sulfonamides is 1. The van der Waals surface area contributed by atoms with Crippen molar-refractivity contribution in [2.24, 2.45) is 0 Å². The van der Waals surface area contributed by atoms with Crippen LogP contribution in [-0.2, 0) is 14.8 Å². The van der Waals surface area contributed by atoms with E-state index in [1.807, 2.05) is 13.0 Å². The minimum atomic E-state index is -3.95. The molecule has 2 aromatic carbocycles. The summed E-state index contributed by atoms with van der Waals surface area (Å²) >= 11 is 0. The Labute approximate surface area is 147 Å². The van der Waals surface area contributed by atoms with Gasteiger partial charge in [0.1, 0.15) is 16.4 Å². The van der Waals surface area contributed by atoms with Gasteiger partial charge in [0, 0.05) is 11.8 Å². The first-order valence-electron chi connectivity index (χ1n) is 7.44. The molecule has 0 aliphatic carbocycles. The predicted octanol–water partition coefficient (Wildman–Crippen LogP) is 1.93. The first kappa shape index (κ1) is 18.8. The van der Waals surface area contributed by atoms with E-state index in [2.05, 4.69) is 10.0 Å². The van der Waals surface area contributed by atoms with Crippen molar-refractivity contribution in [3.8, 4) is 11.5 Å². The normalized spacial score (nSPS) is 11.0. The quantitative estimate of drug-likeness (QED) is 0.783. The van der Waals surface area contributed by atoms with E-state index in [-0.39, 0.29) is 10.6 Å². The van der Waals surface area contributed by atoms with Crippen molar-refractivity contribution >= 4 is 21.6 Å². The van der Waals surface area contributed by atoms with E-state index in [1.165, 1.54) is 26.4 Å². The molecule has 25 heavy (non-hydrogen) atoms.